The maximum Gasteiger partial charge on any atom is 0.335 e. The van der Waals surface area contributed by atoms with Gasteiger partial charge in [0.25, 0.3) is 0 Å². The van der Waals surface area contributed by atoms with Gasteiger partial charge in [0.05, 0.1) is 12.2 Å². The normalized spacial score (nSPS) is 10.3. The molecule has 0 saturated heterocycles. The first-order valence-corrected chi connectivity index (χ1v) is 9.04. The molecule has 3 aromatic rings. The van der Waals surface area contributed by atoms with Crippen molar-refractivity contribution in [3.8, 4) is 17.2 Å². The van der Waals surface area contributed by atoms with Crippen LogP contribution in [0.2, 0.25) is 0 Å². The van der Waals surface area contributed by atoms with Crippen molar-refractivity contribution in [2.45, 2.75) is 20.1 Å². The number of carboxylic acid groups (broad SMARTS) is 1. The van der Waals surface area contributed by atoms with E-state index in [1.54, 1.807) is 12.1 Å². The summed E-state index contributed by atoms with van der Waals surface area (Å²) in [5.41, 5.74) is 2.24. The molecule has 3 rings (SSSR count). The van der Waals surface area contributed by atoms with Crippen LogP contribution in [0.25, 0.3) is 0 Å². The highest BCUT2D eigenvalue weighted by molar-refractivity contribution is 5.87. The highest BCUT2D eigenvalue weighted by Gasteiger charge is 2.08. The Balaban J connectivity index is 1.65. The summed E-state index contributed by atoms with van der Waals surface area (Å²) >= 11 is 0. The maximum atomic E-state index is 10.9. The summed E-state index contributed by atoms with van der Waals surface area (Å²) < 4.78 is 17.4. The van der Waals surface area contributed by atoms with Gasteiger partial charge in [-0.3, -0.25) is 0 Å². The quantitative estimate of drug-likeness (QED) is 0.571. The molecule has 28 heavy (non-hydrogen) atoms. The molecule has 0 unspecified atom stereocenters. The van der Waals surface area contributed by atoms with Gasteiger partial charge in [0.15, 0.2) is 11.5 Å². The summed E-state index contributed by atoms with van der Waals surface area (Å²) in [7, 11) is 0. The SMILES string of the molecule is CCOc1cc(COc2ccc(C(=O)O)cc2)ccc1OCc1ccccc1. The van der Waals surface area contributed by atoms with Gasteiger partial charge in [0.2, 0.25) is 0 Å². The number of carbonyl (C=O) groups is 1. The molecule has 0 aliphatic rings. The molecule has 144 valence electrons. The van der Waals surface area contributed by atoms with Crippen molar-refractivity contribution in [3.05, 3.63) is 89.5 Å². The predicted octanol–water partition coefficient (Wildman–Crippen LogP) is 4.94. The van der Waals surface area contributed by atoms with Crippen molar-refractivity contribution >= 4 is 5.97 Å². The van der Waals surface area contributed by atoms with Gasteiger partial charge >= 0.3 is 5.97 Å². The van der Waals surface area contributed by atoms with E-state index in [1.807, 2.05) is 55.5 Å². The lowest BCUT2D eigenvalue weighted by atomic mass is 10.2. The Labute approximate surface area is 164 Å². The number of hydrogen-bond acceptors (Lipinski definition) is 4. The zero-order valence-corrected chi connectivity index (χ0v) is 15.6. The van der Waals surface area contributed by atoms with Crippen LogP contribution in [0.1, 0.15) is 28.4 Å². The summed E-state index contributed by atoms with van der Waals surface area (Å²) in [6.07, 6.45) is 0. The highest BCUT2D eigenvalue weighted by atomic mass is 16.5. The summed E-state index contributed by atoms with van der Waals surface area (Å²) in [5.74, 6) is 0.993. The van der Waals surface area contributed by atoms with E-state index in [0.717, 1.165) is 11.1 Å². The number of aromatic carboxylic acids is 1. The molecule has 0 aliphatic heterocycles. The van der Waals surface area contributed by atoms with Gasteiger partial charge in [-0.25, -0.2) is 4.79 Å². The zero-order valence-electron chi connectivity index (χ0n) is 15.6. The third-order valence-electron chi connectivity index (χ3n) is 4.05. The van der Waals surface area contributed by atoms with Gasteiger partial charge in [-0.05, 0) is 54.4 Å². The topological polar surface area (TPSA) is 65.0 Å². The molecule has 0 amide bonds. The zero-order chi connectivity index (χ0) is 19.8. The van der Waals surface area contributed by atoms with Crippen LogP contribution >= 0.6 is 0 Å². The lowest BCUT2D eigenvalue weighted by Crippen LogP contribution is -2.02. The van der Waals surface area contributed by atoms with E-state index >= 15 is 0 Å². The average Bonchev–Trinajstić information content (AvgIpc) is 2.73. The first-order chi connectivity index (χ1) is 13.7. The molecule has 0 radical (unpaired) electrons. The number of rotatable bonds is 9. The summed E-state index contributed by atoms with van der Waals surface area (Å²) in [6.45, 7) is 3.26. The van der Waals surface area contributed by atoms with Gasteiger partial charge in [-0.15, -0.1) is 0 Å². The van der Waals surface area contributed by atoms with Crippen LogP contribution in [0.3, 0.4) is 0 Å². The molecule has 1 N–H and O–H groups in total. The van der Waals surface area contributed by atoms with Crippen molar-refractivity contribution in [1.29, 1.82) is 0 Å². The average molecular weight is 378 g/mol. The molecular formula is C23H22O5. The van der Waals surface area contributed by atoms with Crippen LogP contribution in [0.15, 0.2) is 72.8 Å². The third-order valence-corrected chi connectivity index (χ3v) is 4.05. The van der Waals surface area contributed by atoms with Crippen molar-refractivity contribution in [2.75, 3.05) is 6.61 Å². The minimum atomic E-state index is -0.959. The number of ether oxygens (including phenoxy) is 3. The second-order valence-electron chi connectivity index (χ2n) is 6.11. The van der Waals surface area contributed by atoms with Gasteiger partial charge in [-0.2, -0.15) is 0 Å². The van der Waals surface area contributed by atoms with Gasteiger partial charge in [-0.1, -0.05) is 36.4 Å². The Morgan fingerprint density at radius 1 is 0.786 bits per heavy atom. The Hall–Kier alpha value is -3.47. The van der Waals surface area contributed by atoms with Crippen LogP contribution in [-0.4, -0.2) is 17.7 Å². The summed E-state index contributed by atoms with van der Waals surface area (Å²) in [5, 5.41) is 8.94. The Bertz CT molecular complexity index is 904. The van der Waals surface area contributed by atoms with Crippen LogP contribution in [0, 0.1) is 0 Å². The molecule has 0 saturated carbocycles. The number of benzene rings is 3. The van der Waals surface area contributed by atoms with Crippen molar-refractivity contribution in [2.24, 2.45) is 0 Å². The molecular weight excluding hydrogens is 356 g/mol. The fraction of sp³-hybridized carbons (Fsp3) is 0.174. The molecule has 0 aromatic heterocycles. The van der Waals surface area contributed by atoms with Crippen LogP contribution in [0.5, 0.6) is 17.2 Å². The van der Waals surface area contributed by atoms with Crippen molar-refractivity contribution in [3.63, 3.8) is 0 Å². The van der Waals surface area contributed by atoms with Crippen molar-refractivity contribution < 1.29 is 24.1 Å². The van der Waals surface area contributed by atoms with E-state index in [2.05, 4.69) is 0 Å². The van der Waals surface area contributed by atoms with Gasteiger partial charge in [0, 0.05) is 0 Å². The maximum absolute atomic E-state index is 10.9. The van der Waals surface area contributed by atoms with Crippen LogP contribution in [-0.2, 0) is 13.2 Å². The summed E-state index contributed by atoms with van der Waals surface area (Å²) in [6, 6.07) is 22.0. The van der Waals surface area contributed by atoms with Crippen LogP contribution < -0.4 is 14.2 Å². The molecule has 3 aromatic carbocycles. The Morgan fingerprint density at radius 3 is 2.18 bits per heavy atom. The molecule has 5 nitrogen and oxygen atoms in total. The lowest BCUT2D eigenvalue weighted by molar-refractivity contribution is 0.0697. The van der Waals surface area contributed by atoms with E-state index in [1.165, 1.54) is 12.1 Å². The minimum Gasteiger partial charge on any atom is -0.490 e. The molecule has 0 fully saturated rings. The first kappa shape index (κ1) is 19.3. The first-order valence-electron chi connectivity index (χ1n) is 9.04. The molecule has 0 heterocycles. The van der Waals surface area contributed by atoms with Crippen molar-refractivity contribution in [1.82, 2.24) is 0 Å². The van der Waals surface area contributed by atoms with Gasteiger partial charge in [0.1, 0.15) is 19.0 Å². The Morgan fingerprint density at radius 2 is 1.50 bits per heavy atom. The Kier molecular flexibility index (Phi) is 6.52. The van der Waals surface area contributed by atoms with E-state index in [0.29, 0.717) is 37.1 Å². The molecule has 0 atom stereocenters. The van der Waals surface area contributed by atoms with E-state index < -0.39 is 5.97 Å². The summed E-state index contributed by atoms with van der Waals surface area (Å²) in [4.78, 5) is 10.9. The second kappa shape index (κ2) is 9.46. The molecule has 0 aliphatic carbocycles. The highest BCUT2D eigenvalue weighted by Crippen LogP contribution is 2.30. The molecule has 0 spiro atoms. The van der Waals surface area contributed by atoms with E-state index in [-0.39, 0.29) is 5.56 Å². The smallest absolute Gasteiger partial charge is 0.335 e. The standard InChI is InChI=1S/C23H22O5/c1-2-26-22-14-18(16-27-20-11-9-19(10-12-20)23(24)25)8-13-21(22)28-15-17-6-4-3-5-7-17/h3-14H,2,15-16H2,1H3,(H,24,25). The predicted molar refractivity (Wildman–Crippen MR) is 106 cm³/mol. The largest absolute Gasteiger partial charge is 0.490 e. The van der Waals surface area contributed by atoms with E-state index in [4.69, 9.17) is 19.3 Å². The second-order valence-corrected chi connectivity index (χ2v) is 6.11. The lowest BCUT2D eigenvalue weighted by Gasteiger charge is -2.14. The molecule has 0 bridgehead atoms. The molecule has 5 heteroatoms. The van der Waals surface area contributed by atoms with E-state index in [9.17, 15) is 4.79 Å². The number of hydrogen-bond donors (Lipinski definition) is 1. The third kappa shape index (κ3) is 5.27. The minimum absolute atomic E-state index is 0.228. The number of carboxylic acids is 1. The van der Waals surface area contributed by atoms with Gasteiger partial charge < -0.3 is 19.3 Å². The fourth-order valence-corrected chi connectivity index (χ4v) is 2.63. The fourth-order valence-electron chi connectivity index (χ4n) is 2.63. The monoisotopic (exact) mass is 378 g/mol. The van der Waals surface area contributed by atoms with Crippen LogP contribution in [0.4, 0.5) is 0 Å².